The van der Waals surface area contributed by atoms with E-state index in [4.69, 9.17) is 10.5 Å². The number of amides is 1. The number of rotatable bonds is 20. The molecule has 0 aliphatic carbocycles. The molecule has 1 aromatic rings. The second-order valence-electron chi connectivity index (χ2n) is 9.96. The van der Waals surface area contributed by atoms with E-state index in [9.17, 15) is 9.59 Å². The molecule has 0 aliphatic rings. The van der Waals surface area contributed by atoms with Gasteiger partial charge in [0.2, 0.25) is 0 Å². The number of hydrogen-bond donors (Lipinski definition) is 2. The molecule has 1 rings (SSSR count). The van der Waals surface area contributed by atoms with E-state index >= 15 is 0 Å². The highest BCUT2D eigenvalue weighted by molar-refractivity contribution is 5.75. The third-order valence-corrected chi connectivity index (χ3v) is 6.31. The van der Waals surface area contributed by atoms with Crippen LogP contribution in [0.15, 0.2) is 30.3 Å². The van der Waals surface area contributed by atoms with Crippen LogP contribution in [0.5, 0.6) is 0 Å². The highest BCUT2D eigenvalue weighted by atomic mass is 16.6. The van der Waals surface area contributed by atoms with Gasteiger partial charge in [-0.3, -0.25) is 4.79 Å². The summed E-state index contributed by atoms with van der Waals surface area (Å²) in [4.78, 5) is 22.9. The summed E-state index contributed by atoms with van der Waals surface area (Å²) in [6.45, 7) is 7.73. The molecule has 1 aromatic carbocycles. The minimum absolute atomic E-state index is 0.0185. The second kappa shape index (κ2) is 18.3. The molecule has 0 saturated heterocycles. The van der Waals surface area contributed by atoms with Crippen LogP contribution in [0.25, 0.3) is 0 Å². The van der Waals surface area contributed by atoms with Gasteiger partial charge in [0.25, 0.3) is 0 Å². The Bertz CT molecular complexity index is 664. The van der Waals surface area contributed by atoms with Crippen molar-refractivity contribution in [3.05, 3.63) is 35.9 Å². The van der Waals surface area contributed by atoms with Gasteiger partial charge in [0.1, 0.15) is 13.2 Å². The van der Waals surface area contributed by atoms with E-state index in [-0.39, 0.29) is 19.2 Å². The summed E-state index contributed by atoms with van der Waals surface area (Å²) < 4.78 is 9.82. The normalized spacial score (nSPS) is 12.3. The summed E-state index contributed by atoms with van der Waals surface area (Å²) in [6, 6.07) is 10.7. The van der Waals surface area contributed by atoms with E-state index in [2.05, 4.69) is 47.3 Å². The van der Waals surface area contributed by atoms with Crippen LogP contribution in [0.4, 0.5) is 4.79 Å². The second-order valence-corrected chi connectivity index (χ2v) is 9.96. The molecule has 34 heavy (non-hydrogen) atoms. The molecule has 3 N–H and O–H groups in total. The van der Waals surface area contributed by atoms with Crippen molar-refractivity contribution in [3.63, 3.8) is 0 Å². The van der Waals surface area contributed by atoms with Crippen LogP contribution in [-0.4, -0.2) is 38.4 Å². The first-order valence-corrected chi connectivity index (χ1v) is 13.2. The van der Waals surface area contributed by atoms with Crippen molar-refractivity contribution in [3.8, 4) is 0 Å². The minimum Gasteiger partial charge on any atom is -0.462 e. The predicted octanol–water partition coefficient (Wildman–Crippen LogP) is 6.02. The topological polar surface area (TPSA) is 90.7 Å². The fourth-order valence-corrected chi connectivity index (χ4v) is 4.07. The van der Waals surface area contributed by atoms with Crippen molar-refractivity contribution in [2.45, 2.75) is 91.4 Å². The van der Waals surface area contributed by atoms with Crippen LogP contribution in [0, 0.1) is 11.3 Å². The number of carbonyl (C=O) groups is 2. The maximum absolute atomic E-state index is 12.3. The fourth-order valence-electron chi connectivity index (χ4n) is 4.07. The maximum atomic E-state index is 12.3. The lowest BCUT2D eigenvalue weighted by molar-refractivity contribution is -0.155. The Morgan fingerprint density at radius 1 is 0.941 bits per heavy atom. The Balaban J connectivity index is 2.36. The third-order valence-electron chi connectivity index (χ3n) is 6.31. The SMILES string of the molecule is CCCCCCCCCCC(CNCCC(C)(C)C(=O)OCCOC(N)=O)Cc1ccccc1. The number of benzene rings is 1. The zero-order valence-corrected chi connectivity index (χ0v) is 21.8. The van der Waals surface area contributed by atoms with Gasteiger partial charge in [0.15, 0.2) is 0 Å². The molecular formula is C28H48N2O4. The lowest BCUT2D eigenvalue weighted by atomic mass is 9.89. The summed E-state index contributed by atoms with van der Waals surface area (Å²) in [7, 11) is 0. The first kappa shape index (κ1) is 30.0. The average molecular weight is 477 g/mol. The molecule has 0 aliphatic heterocycles. The van der Waals surface area contributed by atoms with Crippen LogP contribution in [-0.2, 0) is 20.7 Å². The summed E-state index contributed by atoms with van der Waals surface area (Å²) in [5, 5.41) is 3.58. The first-order chi connectivity index (χ1) is 16.3. The van der Waals surface area contributed by atoms with E-state index < -0.39 is 11.5 Å². The Kier molecular flexibility index (Phi) is 16.1. The van der Waals surface area contributed by atoms with E-state index in [0.29, 0.717) is 12.3 Å². The highest BCUT2D eigenvalue weighted by Gasteiger charge is 2.29. The van der Waals surface area contributed by atoms with Crippen molar-refractivity contribution in [2.75, 3.05) is 26.3 Å². The van der Waals surface area contributed by atoms with Gasteiger partial charge in [-0.15, -0.1) is 0 Å². The minimum atomic E-state index is -0.864. The number of ether oxygens (including phenoxy) is 2. The average Bonchev–Trinajstić information content (AvgIpc) is 2.81. The van der Waals surface area contributed by atoms with Gasteiger partial charge >= 0.3 is 12.1 Å². The Morgan fingerprint density at radius 2 is 1.56 bits per heavy atom. The first-order valence-electron chi connectivity index (χ1n) is 13.2. The van der Waals surface area contributed by atoms with Crippen LogP contribution >= 0.6 is 0 Å². The Hall–Kier alpha value is -2.08. The van der Waals surface area contributed by atoms with E-state index in [1.165, 1.54) is 63.4 Å². The van der Waals surface area contributed by atoms with E-state index in [1.54, 1.807) is 0 Å². The van der Waals surface area contributed by atoms with Gasteiger partial charge < -0.3 is 20.5 Å². The molecule has 6 nitrogen and oxygen atoms in total. The van der Waals surface area contributed by atoms with E-state index in [0.717, 1.165) is 19.5 Å². The molecule has 0 bridgehead atoms. The third kappa shape index (κ3) is 14.9. The van der Waals surface area contributed by atoms with Gasteiger partial charge in [-0.2, -0.15) is 0 Å². The zero-order chi connectivity index (χ0) is 25.1. The van der Waals surface area contributed by atoms with E-state index in [1.807, 2.05) is 13.8 Å². The molecule has 0 radical (unpaired) electrons. The predicted molar refractivity (Wildman–Crippen MR) is 139 cm³/mol. The summed E-state index contributed by atoms with van der Waals surface area (Å²) in [5.41, 5.74) is 5.69. The van der Waals surface area contributed by atoms with Crippen molar-refractivity contribution < 1.29 is 19.1 Å². The molecule has 1 unspecified atom stereocenters. The number of nitrogens with two attached hydrogens (primary N) is 1. The van der Waals surface area contributed by atoms with Gasteiger partial charge in [0.05, 0.1) is 5.41 Å². The molecule has 0 heterocycles. The Labute approximate surface area is 207 Å². The van der Waals surface area contributed by atoms with Crippen LogP contribution in [0.2, 0.25) is 0 Å². The fraction of sp³-hybridized carbons (Fsp3) is 0.714. The largest absolute Gasteiger partial charge is 0.462 e. The van der Waals surface area contributed by atoms with Gasteiger partial charge in [0, 0.05) is 0 Å². The molecule has 1 amide bonds. The Morgan fingerprint density at radius 3 is 2.21 bits per heavy atom. The number of primary amides is 1. The van der Waals surface area contributed by atoms with Crippen molar-refractivity contribution in [1.82, 2.24) is 5.32 Å². The van der Waals surface area contributed by atoms with Gasteiger partial charge in [-0.05, 0) is 57.7 Å². The standard InChI is InChI=1S/C28H48N2O4/c1-4-5-6-7-8-9-10-12-17-25(22-24-15-13-11-14-16-24)23-30-19-18-28(2,3)26(31)33-20-21-34-27(29)32/h11,13-16,25,30H,4-10,12,17-23H2,1-3H3,(H2,29,32). The highest BCUT2D eigenvalue weighted by Crippen LogP contribution is 2.22. The van der Waals surface area contributed by atoms with Crippen molar-refractivity contribution >= 4 is 12.1 Å². The summed E-state index contributed by atoms with van der Waals surface area (Å²) in [5.74, 6) is 0.297. The molecule has 0 aromatic heterocycles. The molecule has 1 atom stereocenters. The van der Waals surface area contributed by atoms with Crippen LogP contribution in [0.3, 0.4) is 0 Å². The van der Waals surface area contributed by atoms with Gasteiger partial charge in [-0.25, -0.2) is 4.79 Å². The molecule has 0 saturated carbocycles. The quantitative estimate of drug-likeness (QED) is 0.177. The lowest BCUT2D eigenvalue weighted by Gasteiger charge is -2.24. The smallest absolute Gasteiger partial charge is 0.404 e. The van der Waals surface area contributed by atoms with Crippen molar-refractivity contribution in [1.29, 1.82) is 0 Å². The summed E-state index contributed by atoms with van der Waals surface area (Å²) in [6.07, 6.45) is 12.8. The van der Waals surface area contributed by atoms with Crippen molar-refractivity contribution in [2.24, 2.45) is 17.1 Å². The number of nitrogens with one attached hydrogen (secondary N) is 1. The lowest BCUT2D eigenvalue weighted by Crippen LogP contribution is -2.33. The number of esters is 1. The van der Waals surface area contributed by atoms with Crippen LogP contribution in [0.1, 0.15) is 90.5 Å². The number of unbranched alkanes of at least 4 members (excludes halogenated alkanes) is 7. The molecule has 0 fully saturated rings. The molecule has 194 valence electrons. The number of hydrogen-bond acceptors (Lipinski definition) is 5. The molecular weight excluding hydrogens is 428 g/mol. The van der Waals surface area contributed by atoms with Gasteiger partial charge in [-0.1, -0.05) is 88.6 Å². The summed E-state index contributed by atoms with van der Waals surface area (Å²) >= 11 is 0. The monoisotopic (exact) mass is 476 g/mol. The van der Waals surface area contributed by atoms with Crippen LogP contribution < -0.4 is 11.1 Å². The molecule has 6 heteroatoms. The zero-order valence-electron chi connectivity index (χ0n) is 21.8. The number of carbonyl (C=O) groups excluding carboxylic acids is 2. The molecule has 0 spiro atoms. The maximum Gasteiger partial charge on any atom is 0.404 e.